The Morgan fingerprint density at radius 3 is 2.36 bits per heavy atom. The number of pyridine rings is 1. The lowest BCUT2D eigenvalue weighted by atomic mass is 10.1. The van der Waals surface area contributed by atoms with E-state index in [9.17, 15) is 31.1 Å². The molecule has 0 atom stereocenters. The van der Waals surface area contributed by atoms with E-state index in [-0.39, 0.29) is 46.3 Å². The van der Waals surface area contributed by atoms with E-state index in [0.717, 1.165) is 13.2 Å². The second kappa shape index (κ2) is 10.8. The summed E-state index contributed by atoms with van der Waals surface area (Å²) in [6.07, 6.45) is -9.91. The van der Waals surface area contributed by atoms with Gasteiger partial charge in [-0.1, -0.05) is 40.5 Å². The molecule has 0 aliphatic heterocycles. The zero-order valence-corrected chi connectivity index (χ0v) is 21.1. The molecule has 206 valence electrons. The minimum absolute atomic E-state index is 0.0198. The molecule has 2 N–H and O–H groups in total. The predicted octanol–water partition coefficient (Wildman–Crippen LogP) is 7.54. The van der Waals surface area contributed by atoms with Crippen LogP contribution in [0.2, 0.25) is 10.0 Å². The molecule has 0 saturated heterocycles. The molecule has 0 radical (unpaired) electrons. The lowest BCUT2D eigenvalue weighted by Crippen LogP contribution is -2.17. The Labute approximate surface area is 226 Å². The van der Waals surface area contributed by atoms with E-state index in [4.69, 9.17) is 32.5 Å². The van der Waals surface area contributed by atoms with Gasteiger partial charge >= 0.3 is 18.3 Å². The molecule has 7 nitrogen and oxygen atoms in total. The van der Waals surface area contributed by atoms with Gasteiger partial charge in [0.1, 0.15) is 5.69 Å². The van der Waals surface area contributed by atoms with Crippen LogP contribution < -0.4 is 10.6 Å². The number of halogens is 8. The van der Waals surface area contributed by atoms with Crippen LogP contribution >= 0.6 is 23.2 Å². The second-order valence-electron chi connectivity index (χ2n) is 7.96. The SMILES string of the molecule is COC(=O)c1c(NCCNc2cc(C(F)(F)F)nc3c(C(F)(F)F)cccc23)noc1-c1ccc(Cl)cc1Cl. The summed E-state index contributed by atoms with van der Waals surface area (Å²) in [4.78, 5) is 15.7. The second-order valence-corrected chi connectivity index (χ2v) is 8.80. The summed E-state index contributed by atoms with van der Waals surface area (Å²) >= 11 is 12.1. The van der Waals surface area contributed by atoms with E-state index >= 15 is 0 Å². The average molecular weight is 593 g/mol. The van der Waals surface area contributed by atoms with Crippen molar-refractivity contribution in [2.45, 2.75) is 12.4 Å². The number of ether oxygens (including phenoxy) is 1. The Hall–Kier alpha value is -3.71. The smallest absolute Gasteiger partial charge is 0.433 e. The van der Waals surface area contributed by atoms with Crippen LogP contribution in [0.15, 0.2) is 47.0 Å². The van der Waals surface area contributed by atoms with E-state index in [0.29, 0.717) is 22.7 Å². The van der Waals surface area contributed by atoms with Crippen molar-refractivity contribution in [2.75, 3.05) is 30.8 Å². The maximum absolute atomic E-state index is 13.5. The van der Waals surface area contributed by atoms with Gasteiger partial charge in [0, 0.05) is 34.7 Å². The number of hydrogen-bond donors (Lipinski definition) is 2. The standard InChI is InChI=1S/C24H16Cl2F6N4O3/c1-38-22(37)18-20(12-6-5-11(25)9-15(12)26)39-36-21(18)34-8-7-33-16-10-17(24(30,31)32)35-19-13(16)3-2-4-14(19)23(27,28)29/h2-6,9-10H,7-8H2,1H3,(H,33,35)(H,34,36). The summed E-state index contributed by atoms with van der Waals surface area (Å²) in [7, 11) is 1.13. The monoisotopic (exact) mass is 592 g/mol. The third kappa shape index (κ3) is 5.98. The number of carbonyl (C=O) groups excluding carboxylic acids is 1. The third-order valence-electron chi connectivity index (χ3n) is 5.43. The zero-order chi connectivity index (χ0) is 28.5. The van der Waals surface area contributed by atoms with Crippen molar-refractivity contribution >= 4 is 51.6 Å². The van der Waals surface area contributed by atoms with Crippen molar-refractivity contribution in [3.63, 3.8) is 0 Å². The first kappa shape index (κ1) is 28.3. The predicted molar refractivity (Wildman–Crippen MR) is 132 cm³/mol. The number of carbonyl (C=O) groups is 1. The first-order valence-corrected chi connectivity index (χ1v) is 11.7. The lowest BCUT2D eigenvalue weighted by Gasteiger charge is -2.16. The molecule has 15 heteroatoms. The number of anilines is 2. The topological polar surface area (TPSA) is 89.3 Å². The van der Waals surface area contributed by atoms with Gasteiger partial charge in [-0.05, 0) is 30.3 Å². The first-order valence-electron chi connectivity index (χ1n) is 10.9. The van der Waals surface area contributed by atoms with E-state index in [1.807, 2.05) is 0 Å². The number of fused-ring (bicyclic) bond motifs is 1. The summed E-state index contributed by atoms with van der Waals surface area (Å²) in [5, 5.41) is 9.64. The molecule has 39 heavy (non-hydrogen) atoms. The minimum atomic E-state index is -4.99. The summed E-state index contributed by atoms with van der Waals surface area (Å²) in [6, 6.07) is 8.03. The summed E-state index contributed by atoms with van der Waals surface area (Å²) in [5.41, 5.74) is -3.66. The van der Waals surface area contributed by atoms with Gasteiger partial charge in [-0.2, -0.15) is 26.3 Å². The van der Waals surface area contributed by atoms with Gasteiger partial charge < -0.3 is 19.9 Å². The lowest BCUT2D eigenvalue weighted by molar-refractivity contribution is -0.142. The highest BCUT2D eigenvalue weighted by atomic mass is 35.5. The van der Waals surface area contributed by atoms with Gasteiger partial charge in [0.15, 0.2) is 17.1 Å². The van der Waals surface area contributed by atoms with Crippen LogP contribution in [-0.2, 0) is 17.1 Å². The highest BCUT2D eigenvalue weighted by molar-refractivity contribution is 6.36. The number of hydrogen-bond acceptors (Lipinski definition) is 7. The molecule has 4 rings (SSSR count). The van der Waals surface area contributed by atoms with Crippen LogP contribution in [0.5, 0.6) is 0 Å². The van der Waals surface area contributed by atoms with Crippen LogP contribution in [-0.4, -0.2) is 36.3 Å². The fourth-order valence-corrected chi connectivity index (χ4v) is 4.20. The van der Waals surface area contributed by atoms with E-state index in [1.165, 1.54) is 24.3 Å². The van der Waals surface area contributed by atoms with Crippen molar-refractivity contribution < 1.29 is 40.4 Å². The quantitative estimate of drug-likeness (QED) is 0.130. The van der Waals surface area contributed by atoms with Crippen molar-refractivity contribution in [3.05, 3.63) is 69.3 Å². The molecule has 4 aromatic rings. The van der Waals surface area contributed by atoms with E-state index < -0.39 is 35.1 Å². The molecule has 2 aromatic carbocycles. The molecule has 0 spiro atoms. The van der Waals surface area contributed by atoms with Gasteiger partial charge in [0.25, 0.3) is 0 Å². The Balaban J connectivity index is 1.60. The fraction of sp³-hybridized carbons (Fsp3) is 0.208. The van der Waals surface area contributed by atoms with Crippen LogP contribution in [0.1, 0.15) is 21.6 Å². The Morgan fingerprint density at radius 1 is 1.00 bits per heavy atom. The van der Waals surface area contributed by atoms with Crippen LogP contribution in [0.3, 0.4) is 0 Å². The van der Waals surface area contributed by atoms with E-state index in [1.54, 1.807) is 0 Å². The number of esters is 1. The number of rotatable bonds is 7. The highest BCUT2D eigenvalue weighted by Crippen LogP contribution is 2.39. The molecule has 2 heterocycles. The highest BCUT2D eigenvalue weighted by Gasteiger charge is 2.37. The number of alkyl halides is 6. The van der Waals surface area contributed by atoms with Gasteiger partial charge in [0.2, 0.25) is 0 Å². The molecule has 0 aliphatic carbocycles. The number of methoxy groups -OCH3 is 1. The van der Waals surface area contributed by atoms with Gasteiger partial charge in [-0.3, -0.25) is 0 Å². The van der Waals surface area contributed by atoms with Crippen molar-refractivity contribution in [1.82, 2.24) is 10.1 Å². The fourth-order valence-electron chi connectivity index (χ4n) is 3.71. The number of nitrogens with zero attached hydrogens (tertiary/aromatic N) is 2. The Bertz CT molecular complexity index is 1540. The van der Waals surface area contributed by atoms with Gasteiger partial charge in [-0.15, -0.1) is 0 Å². The van der Waals surface area contributed by atoms with Gasteiger partial charge in [0.05, 0.1) is 23.2 Å². The molecule has 0 aliphatic rings. The zero-order valence-electron chi connectivity index (χ0n) is 19.6. The molecule has 0 fully saturated rings. The third-order valence-corrected chi connectivity index (χ3v) is 5.97. The van der Waals surface area contributed by atoms with Crippen LogP contribution in [0.25, 0.3) is 22.2 Å². The summed E-state index contributed by atoms with van der Waals surface area (Å²) < 4.78 is 90.7. The van der Waals surface area contributed by atoms with E-state index in [2.05, 4.69) is 20.8 Å². The molecule has 0 saturated carbocycles. The van der Waals surface area contributed by atoms with Gasteiger partial charge in [-0.25, -0.2) is 9.78 Å². The summed E-state index contributed by atoms with van der Waals surface area (Å²) in [6.45, 7) is -0.147. The van der Waals surface area contributed by atoms with Crippen molar-refractivity contribution in [2.24, 2.45) is 0 Å². The first-order chi connectivity index (χ1) is 18.3. The maximum atomic E-state index is 13.5. The molecular formula is C24H16Cl2F6N4O3. The number of para-hydroxylation sites is 1. The van der Waals surface area contributed by atoms with Crippen molar-refractivity contribution in [3.8, 4) is 11.3 Å². The maximum Gasteiger partial charge on any atom is 0.433 e. The number of nitrogens with one attached hydrogen (secondary N) is 2. The molecule has 2 aromatic heterocycles. The largest absolute Gasteiger partial charge is 0.465 e. The molecule has 0 bridgehead atoms. The van der Waals surface area contributed by atoms with Crippen molar-refractivity contribution in [1.29, 1.82) is 0 Å². The summed E-state index contributed by atoms with van der Waals surface area (Å²) in [5.74, 6) is -0.893. The normalized spacial score (nSPS) is 12.0. The molecule has 0 amide bonds. The van der Waals surface area contributed by atoms with Crippen LogP contribution in [0.4, 0.5) is 37.8 Å². The average Bonchev–Trinajstić information content (AvgIpc) is 3.27. The van der Waals surface area contributed by atoms with Crippen LogP contribution in [0, 0.1) is 0 Å². The molecule has 0 unspecified atom stereocenters. The number of benzene rings is 2. The minimum Gasteiger partial charge on any atom is -0.465 e. The number of aromatic nitrogens is 2. The Kier molecular flexibility index (Phi) is 7.84. The Morgan fingerprint density at radius 2 is 1.72 bits per heavy atom. The molecular weight excluding hydrogens is 577 g/mol.